The SMILES string of the molecule is c1sc(C2CC3CCC2O3)nc1C1CC1. The Bertz CT molecular complexity index is 385. The molecule has 2 saturated heterocycles. The lowest BCUT2D eigenvalue weighted by Gasteiger charge is -2.15. The van der Waals surface area contributed by atoms with Crippen LogP contribution >= 0.6 is 11.3 Å². The van der Waals surface area contributed by atoms with E-state index in [1.54, 1.807) is 0 Å². The average Bonchev–Trinajstić information content (AvgIpc) is 2.74. The van der Waals surface area contributed by atoms with Crippen LogP contribution in [-0.4, -0.2) is 17.2 Å². The van der Waals surface area contributed by atoms with Gasteiger partial charge in [0.1, 0.15) is 0 Å². The van der Waals surface area contributed by atoms with Gasteiger partial charge in [0.2, 0.25) is 0 Å². The standard InChI is InChI=1S/C12H15NOS/c1-2-7(1)10-6-15-12(13-10)9-5-8-3-4-11(9)14-8/h6-9,11H,1-5H2. The molecule has 1 aromatic heterocycles. The molecule has 1 aliphatic carbocycles. The summed E-state index contributed by atoms with van der Waals surface area (Å²) in [6.45, 7) is 0. The Morgan fingerprint density at radius 3 is 2.87 bits per heavy atom. The number of aromatic nitrogens is 1. The highest BCUT2D eigenvalue weighted by Crippen LogP contribution is 2.47. The highest BCUT2D eigenvalue weighted by Gasteiger charge is 2.43. The molecule has 4 rings (SSSR count). The Balaban J connectivity index is 1.60. The fraction of sp³-hybridized carbons (Fsp3) is 0.750. The van der Waals surface area contributed by atoms with Crippen LogP contribution in [0.4, 0.5) is 0 Å². The van der Waals surface area contributed by atoms with Crippen molar-refractivity contribution in [1.29, 1.82) is 0 Å². The molecule has 1 aromatic rings. The third-order valence-electron chi connectivity index (χ3n) is 3.96. The van der Waals surface area contributed by atoms with E-state index in [9.17, 15) is 0 Å². The van der Waals surface area contributed by atoms with E-state index < -0.39 is 0 Å². The van der Waals surface area contributed by atoms with E-state index in [2.05, 4.69) is 5.38 Å². The van der Waals surface area contributed by atoms with Gasteiger partial charge in [-0.2, -0.15) is 0 Å². The zero-order valence-corrected chi connectivity index (χ0v) is 9.50. The smallest absolute Gasteiger partial charge is 0.0986 e. The molecule has 0 N–H and O–H groups in total. The average molecular weight is 221 g/mol. The van der Waals surface area contributed by atoms with E-state index >= 15 is 0 Å². The minimum absolute atomic E-state index is 0.494. The quantitative estimate of drug-likeness (QED) is 0.765. The van der Waals surface area contributed by atoms with Gasteiger partial charge in [0, 0.05) is 17.2 Å². The number of rotatable bonds is 2. The van der Waals surface area contributed by atoms with E-state index in [-0.39, 0.29) is 0 Å². The molecular weight excluding hydrogens is 206 g/mol. The monoisotopic (exact) mass is 221 g/mol. The van der Waals surface area contributed by atoms with Crippen LogP contribution in [0.15, 0.2) is 5.38 Å². The molecule has 2 bridgehead atoms. The van der Waals surface area contributed by atoms with Gasteiger partial charge in [-0.1, -0.05) is 0 Å². The van der Waals surface area contributed by atoms with Gasteiger partial charge in [-0.05, 0) is 32.1 Å². The minimum Gasteiger partial charge on any atom is -0.374 e. The van der Waals surface area contributed by atoms with Crippen LogP contribution in [0.2, 0.25) is 0 Å². The molecule has 2 aliphatic heterocycles. The van der Waals surface area contributed by atoms with Gasteiger partial charge >= 0.3 is 0 Å². The highest BCUT2D eigenvalue weighted by atomic mass is 32.1. The summed E-state index contributed by atoms with van der Waals surface area (Å²) in [6.07, 6.45) is 7.52. The number of hydrogen-bond donors (Lipinski definition) is 0. The number of fused-ring (bicyclic) bond motifs is 2. The molecular formula is C12H15NOS. The summed E-state index contributed by atoms with van der Waals surface area (Å²) in [5, 5.41) is 3.63. The second-order valence-electron chi connectivity index (χ2n) is 5.10. The third kappa shape index (κ3) is 1.36. The largest absolute Gasteiger partial charge is 0.374 e. The zero-order chi connectivity index (χ0) is 9.83. The molecule has 3 unspecified atom stereocenters. The fourth-order valence-electron chi connectivity index (χ4n) is 2.94. The molecule has 3 heterocycles. The second-order valence-corrected chi connectivity index (χ2v) is 5.99. The molecule has 0 amide bonds. The molecule has 0 radical (unpaired) electrons. The number of hydrogen-bond acceptors (Lipinski definition) is 3. The Hall–Kier alpha value is -0.410. The van der Waals surface area contributed by atoms with Gasteiger partial charge < -0.3 is 4.74 Å². The first kappa shape index (κ1) is 8.71. The van der Waals surface area contributed by atoms with Crippen molar-refractivity contribution < 1.29 is 4.74 Å². The van der Waals surface area contributed by atoms with Crippen molar-refractivity contribution in [2.24, 2.45) is 0 Å². The molecule has 3 fully saturated rings. The summed E-state index contributed by atoms with van der Waals surface area (Å²) in [4.78, 5) is 4.81. The van der Waals surface area contributed by atoms with Crippen molar-refractivity contribution in [2.45, 2.75) is 56.1 Å². The molecule has 80 valence electrons. The summed E-state index contributed by atoms with van der Waals surface area (Å²) >= 11 is 1.86. The fourth-order valence-corrected chi connectivity index (χ4v) is 4.00. The molecule has 3 aliphatic rings. The minimum atomic E-state index is 0.494. The number of thiazole rings is 1. The predicted octanol–water partition coefficient (Wildman–Crippen LogP) is 3.06. The van der Waals surface area contributed by atoms with Gasteiger partial charge in [0.05, 0.1) is 22.9 Å². The van der Waals surface area contributed by atoms with E-state index in [1.165, 1.54) is 42.8 Å². The molecule has 2 nitrogen and oxygen atoms in total. The van der Waals surface area contributed by atoms with Crippen LogP contribution in [-0.2, 0) is 4.74 Å². The van der Waals surface area contributed by atoms with E-state index in [4.69, 9.17) is 9.72 Å². The van der Waals surface area contributed by atoms with Crippen molar-refractivity contribution in [3.63, 3.8) is 0 Å². The van der Waals surface area contributed by atoms with Crippen molar-refractivity contribution in [3.8, 4) is 0 Å². The molecule has 3 atom stereocenters. The number of nitrogens with zero attached hydrogens (tertiary/aromatic N) is 1. The summed E-state index contributed by atoms with van der Waals surface area (Å²) in [7, 11) is 0. The van der Waals surface area contributed by atoms with Crippen LogP contribution in [0.1, 0.15) is 54.6 Å². The number of ether oxygens (including phenoxy) is 1. The van der Waals surface area contributed by atoms with Gasteiger partial charge in [-0.25, -0.2) is 4.98 Å². The van der Waals surface area contributed by atoms with Crippen molar-refractivity contribution in [1.82, 2.24) is 4.98 Å². The first-order valence-electron chi connectivity index (χ1n) is 6.01. The maximum atomic E-state index is 5.89. The Kier molecular flexibility index (Phi) is 1.77. The summed E-state index contributed by atoms with van der Waals surface area (Å²) < 4.78 is 5.89. The summed E-state index contributed by atoms with van der Waals surface area (Å²) in [6, 6.07) is 0. The lowest BCUT2D eigenvalue weighted by atomic mass is 9.90. The van der Waals surface area contributed by atoms with E-state index in [1.807, 2.05) is 11.3 Å². The van der Waals surface area contributed by atoms with Crippen LogP contribution in [0.5, 0.6) is 0 Å². The van der Waals surface area contributed by atoms with Crippen LogP contribution < -0.4 is 0 Å². The Labute approximate surface area is 93.7 Å². The summed E-state index contributed by atoms with van der Waals surface area (Å²) in [5.41, 5.74) is 1.36. The zero-order valence-electron chi connectivity index (χ0n) is 8.69. The van der Waals surface area contributed by atoms with Crippen LogP contribution in [0, 0.1) is 0 Å². The lowest BCUT2D eigenvalue weighted by Crippen LogP contribution is -2.14. The predicted molar refractivity (Wildman–Crippen MR) is 59.3 cm³/mol. The molecule has 0 spiro atoms. The maximum Gasteiger partial charge on any atom is 0.0986 e. The highest BCUT2D eigenvalue weighted by molar-refractivity contribution is 7.09. The maximum absolute atomic E-state index is 5.89. The summed E-state index contributed by atoms with van der Waals surface area (Å²) in [5.74, 6) is 1.43. The van der Waals surface area contributed by atoms with E-state index in [0.717, 1.165) is 5.92 Å². The van der Waals surface area contributed by atoms with Crippen LogP contribution in [0.3, 0.4) is 0 Å². The Morgan fingerprint density at radius 1 is 1.27 bits per heavy atom. The van der Waals surface area contributed by atoms with Crippen LogP contribution in [0.25, 0.3) is 0 Å². The van der Waals surface area contributed by atoms with E-state index in [0.29, 0.717) is 18.1 Å². The van der Waals surface area contributed by atoms with Crippen molar-refractivity contribution in [3.05, 3.63) is 16.1 Å². The van der Waals surface area contributed by atoms with Gasteiger partial charge in [0.15, 0.2) is 0 Å². The van der Waals surface area contributed by atoms with Crippen molar-refractivity contribution >= 4 is 11.3 Å². The molecule has 3 heteroatoms. The topological polar surface area (TPSA) is 22.1 Å². The lowest BCUT2D eigenvalue weighted by molar-refractivity contribution is 0.100. The molecule has 0 aromatic carbocycles. The molecule has 1 saturated carbocycles. The van der Waals surface area contributed by atoms with Gasteiger partial charge in [-0.15, -0.1) is 11.3 Å². The third-order valence-corrected chi connectivity index (χ3v) is 4.95. The van der Waals surface area contributed by atoms with Gasteiger partial charge in [0.25, 0.3) is 0 Å². The van der Waals surface area contributed by atoms with Crippen molar-refractivity contribution in [2.75, 3.05) is 0 Å². The first-order chi connectivity index (χ1) is 7.40. The Morgan fingerprint density at radius 2 is 2.20 bits per heavy atom. The normalized spacial score (nSPS) is 38.8. The second kappa shape index (κ2) is 3.05. The van der Waals surface area contributed by atoms with Gasteiger partial charge in [-0.3, -0.25) is 0 Å². The first-order valence-corrected chi connectivity index (χ1v) is 6.89. The molecule has 15 heavy (non-hydrogen) atoms.